The molecule has 0 saturated heterocycles. The zero-order valence-electron chi connectivity index (χ0n) is 14.5. The van der Waals surface area contributed by atoms with Crippen molar-refractivity contribution >= 4 is 5.97 Å². The van der Waals surface area contributed by atoms with Crippen molar-refractivity contribution < 1.29 is 14.6 Å². The first-order chi connectivity index (χ1) is 11.2. The van der Waals surface area contributed by atoms with E-state index in [1.807, 2.05) is 0 Å². The van der Waals surface area contributed by atoms with Crippen LogP contribution in [0.15, 0.2) is 6.20 Å². The summed E-state index contributed by atoms with van der Waals surface area (Å²) in [5, 5.41) is 8.76. The number of aromatic amines is 1. The van der Waals surface area contributed by atoms with E-state index in [2.05, 4.69) is 16.9 Å². The Labute approximate surface area is 139 Å². The maximum atomic E-state index is 10.7. The van der Waals surface area contributed by atoms with Gasteiger partial charge in [-0.3, -0.25) is 0 Å². The van der Waals surface area contributed by atoms with Crippen LogP contribution in [0.5, 0.6) is 6.01 Å². The topological polar surface area (TPSA) is 75.2 Å². The lowest BCUT2D eigenvalue weighted by Crippen LogP contribution is -2.00. The molecule has 23 heavy (non-hydrogen) atoms. The predicted octanol–water partition coefficient (Wildman–Crippen LogP) is 5.19. The minimum atomic E-state index is -1.02. The second-order valence-electron chi connectivity index (χ2n) is 6.14. The van der Waals surface area contributed by atoms with Crippen LogP contribution in [-0.4, -0.2) is 27.7 Å². The number of ether oxygens (including phenoxy) is 1. The van der Waals surface area contributed by atoms with Gasteiger partial charge in [-0.1, -0.05) is 77.6 Å². The lowest BCUT2D eigenvalue weighted by atomic mass is 10.1. The van der Waals surface area contributed by atoms with E-state index >= 15 is 0 Å². The van der Waals surface area contributed by atoms with Crippen molar-refractivity contribution in [2.24, 2.45) is 0 Å². The SMILES string of the molecule is CCCCCCCCCCCCCCOc1ncc(C(=O)O)[nH]1. The van der Waals surface area contributed by atoms with Crippen molar-refractivity contribution in [3.63, 3.8) is 0 Å². The van der Waals surface area contributed by atoms with Crippen LogP contribution < -0.4 is 4.74 Å². The molecule has 0 atom stereocenters. The molecular weight excluding hydrogens is 292 g/mol. The van der Waals surface area contributed by atoms with Crippen LogP contribution >= 0.6 is 0 Å². The Balaban J connectivity index is 1.83. The summed E-state index contributed by atoms with van der Waals surface area (Å²) in [5.74, 6) is -1.02. The molecule has 1 rings (SSSR count). The average Bonchev–Trinajstić information content (AvgIpc) is 3.01. The Bertz CT molecular complexity index is 418. The van der Waals surface area contributed by atoms with Gasteiger partial charge >= 0.3 is 5.97 Å². The minimum Gasteiger partial charge on any atom is -0.477 e. The van der Waals surface area contributed by atoms with E-state index in [0.717, 1.165) is 12.8 Å². The highest BCUT2D eigenvalue weighted by molar-refractivity contribution is 5.85. The minimum absolute atomic E-state index is 0.0645. The highest BCUT2D eigenvalue weighted by Gasteiger charge is 2.07. The van der Waals surface area contributed by atoms with Gasteiger partial charge in [-0.2, -0.15) is 0 Å². The van der Waals surface area contributed by atoms with E-state index in [4.69, 9.17) is 9.84 Å². The van der Waals surface area contributed by atoms with Crippen LogP contribution in [0.4, 0.5) is 0 Å². The number of carbonyl (C=O) groups is 1. The number of carboxylic acids is 1. The molecule has 0 aliphatic rings. The number of nitrogens with zero attached hydrogens (tertiary/aromatic N) is 1. The summed E-state index contributed by atoms with van der Waals surface area (Å²) in [4.78, 5) is 17.2. The van der Waals surface area contributed by atoms with Gasteiger partial charge in [0.1, 0.15) is 5.69 Å². The standard InChI is InChI=1S/C18H32N2O3/c1-2-3-4-5-6-7-8-9-10-11-12-13-14-23-18-19-15-16(20-18)17(21)22/h15H,2-14H2,1H3,(H,19,20)(H,21,22). The summed E-state index contributed by atoms with van der Waals surface area (Å²) < 4.78 is 5.40. The zero-order valence-corrected chi connectivity index (χ0v) is 14.5. The van der Waals surface area contributed by atoms with Crippen LogP contribution in [-0.2, 0) is 0 Å². The molecule has 5 heteroatoms. The molecule has 0 spiro atoms. The fourth-order valence-corrected chi connectivity index (χ4v) is 2.60. The van der Waals surface area contributed by atoms with Gasteiger partial charge in [-0.25, -0.2) is 9.78 Å². The monoisotopic (exact) mass is 324 g/mol. The maximum absolute atomic E-state index is 10.7. The summed E-state index contributed by atoms with van der Waals surface area (Å²) in [7, 11) is 0. The van der Waals surface area contributed by atoms with Gasteiger partial charge in [0.2, 0.25) is 0 Å². The predicted molar refractivity (Wildman–Crippen MR) is 92.1 cm³/mol. The Morgan fingerprint density at radius 1 is 1.00 bits per heavy atom. The molecule has 0 bridgehead atoms. The molecule has 0 aromatic carbocycles. The van der Waals surface area contributed by atoms with Crippen molar-refractivity contribution in [2.45, 2.75) is 84.0 Å². The number of aromatic carboxylic acids is 1. The first-order valence-electron chi connectivity index (χ1n) is 9.15. The van der Waals surface area contributed by atoms with Gasteiger partial charge in [-0.15, -0.1) is 0 Å². The molecule has 0 radical (unpaired) electrons. The third-order valence-corrected chi connectivity index (χ3v) is 4.02. The Kier molecular flexibility index (Phi) is 11.0. The Morgan fingerprint density at radius 2 is 1.52 bits per heavy atom. The number of aromatic nitrogens is 2. The molecule has 132 valence electrons. The second kappa shape index (κ2) is 13.0. The van der Waals surface area contributed by atoms with Crippen molar-refractivity contribution in [1.29, 1.82) is 0 Å². The van der Waals surface area contributed by atoms with Crippen LogP contribution in [0, 0.1) is 0 Å². The summed E-state index contributed by atoms with van der Waals surface area (Å²) in [6, 6.07) is 0.297. The van der Waals surface area contributed by atoms with Gasteiger partial charge in [-0.05, 0) is 6.42 Å². The number of carboxylic acid groups (broad SMARTS) is 1. The number of hydrogen-bond donors (Lipinski definition) is 2. The third kappa shape index (κ3) is 9.97. The molecule has 0 unspecified atom stereocenters. The molecule has 0 amide bonds. The molecule has 1 aromatic heterocycles. The van der Waals surface area contributed by atoms with E-state index in [-0.39, 0.29) is 5.69 Å². The first-order valence-corrected chi connectivity index (χ1v) is 9.15. The highest BCUT2D eigenvalue weighted by atomic mass is 16.5. The average molecular weight is 324 g/mol. The number of rotatable bonds is 15. The molecule has 0 saturated carbocycles. The van der Waals surface area contributed by atoms with Crippen LogP contribution in [0.25, 0.3) is 0 Å². The van der Waals surface area contributed by atoms with E-state index in [1.165, 1.54) is 70.4 Å². The summed E-state index contributed by atoms with van der Waals surface area (Å²) in [6.45, 7) is 2.84. The molecule has 2 N–H and O–H groups in total. The molecular formula is C18H32N2O3. The quantitative estimate of drug-likeness (QED) is 0.435. The Morgan fingerprint density at radius 3 is 2.00 bits per heavy atom. The maximum Gasteiger partial charge on any atom is 0.354 e. The molecule has 5 nitrogen and oxygen atoms in total. The fraction of sp³-hybridized carbons (Fsp3) is 0.778. The van der Waals surface area contributed by atoms with Gasteiger partial charge in [0, 0.05) is 0 Å². The second-order valence-corrected chi connectivity index (χ2v) is 6.14. The lowest BCUT2D eigenvalue weighted by Gasteiger charge is -2.04. The molecule has 1 heterocycles. The number of hydrogen-bond acceptors (Lipinski definition) is 3. The van der Waals surface area contributed by atoms with Gasteiger partial charge < -0.3 is 14.8 Å². The molecule has 0 fully saturated rings. The fourth-order valence-electron chi connectivity index (χ4n) is 2.60. The molecule has 1 aromatic rings. The van der Waals surface area contributed by atoms with E-state index < -0.39 is 5.97 Å². The van der Waals surface area contributed by atoms with E-state index in [9.17, 15) is 4.79 Å². The largest absolute Gasteiger partial charge is 0.477 e. The summed E-state index contributed by atoms with van der Waals surface area (Å²) in [6.07, 6.45) is 17.0. The zero-order chi connectivity index (χ0) is 16.8. The van der Waals surface area contributed by atoms with Crippen molar-refractivity contribution in [3.8, 4) is 6.01 Å². The lowest BCUT2D eigenvalue weighted by molar-refractivity contribution is 0.0690. The smallest absolute Gasteiger partial charge is 0.354 e. The van der Waals surface area contributed by atoms with Gasteiger partial charge in [0.25, 0.3) is 6.01 Å². The summed E-state index contributed by atoms with van der Waals surface area (Å²) >= 11 is 0. The number of nitrogens with one attached hydrogen (secondary N) is 1. The van der Waals surface area contributed by atoms with Gasteiger partial charge in [0.15, 0.2) is 0 Å². The number of imidazole rings is 1. The Hall–Kier alpha value is -1.52. The molecule has 0 aliphatic carbocycles. The van der Waals surface area contributed by atoms with E-state index in [0.29, 0.717) is 12.6 Å². The van der Waals surface area contributed by atoms with Crippen LogP contribution in [0.1, 0.15) is 94.5 Å². The highest BCUT2D eigenvalue weighted by Crippen LogP contribution is 2.12. The van der Waals surface area contributed by atoms with Crippen molar-refractivity contribution in [3.05, 3.63) is 11.9 Å². The van der Waals surface area contributed by atoms with Crippen LogP contribution in [0.2, 0.25) is 0 Å². The summed E-state index contributed by atoms with van der Waals surface area (Å²) in [5.41, 5.74) is 0.0645. The van der Waals surface area contributed by atoms with Crippen molar-refractivity contribution in [2.75, 3.05) is 6.61 Å². The number of H-pyrrole nitrogens is 1. The van der Waals surface area contributed by atoms with Crippen LogP contribution in [0.3, 0.4) is 0 Å². The number of unbranched alkanes of at least 4 members (excludes halogenated alkanes) is 11. The molecule has 0 aliphatic heterocycles. The van der Waals surface area contributed by atoms with E-state index in [1.54, 1.807) is 0 Å². The van der Waals surface area contributed by atoms with Crippen molar-refractivity contribution in [1.82, 2.24) is 9.97 Å². The third-order valence-electron chi connectivity index (χ3n) is 4.02. The first kappa shape index (κ1) is 19.5. The van der Waals surface area contributed by atoms with Gasteiger partial charge in [0.05, 0.1) is 12.8 Å². The normalized spacial score (nSPS) is 10.8.